The van der Waals surface area contributed by atoms with Gasteiger partial charge in [-0.1, -0.05) is 30.3 Å². The maximum Gasteiger partial charge on any atom is 0.490 e. The maximum absolute atomic E-state index is 13.1. The van der Waals surface area contributed by atoms with E-state index in [0.717, 1.165) is 11.3 Å². The maximum atomic E-state index is 13.1. The molecule has 0 radical (unpaired) electrons. The summed E-state index contributed by atoms with van der Waals surface area (Å²) in [6, 6.07) is 16.6. The lowest BCUT2D eigenvalue weighted by Gasteiger charge is -2.35. The van der Waals surface area contributed by atoms with Crippen LogP contribution < -0.4 is 5.32 Å². The van der Waals surface area contributed by atoms with E-state index in [1.807, 2.05) is 53.2 Å². The first-order valence-electron chi connectivity index (χ1n) is 10.2. The van der Waals surface area contributed by atoms with Crippen molar-refractivity contribution in [3.63, 3.8) is 0 Å². The van der Waals surface area contributed by atoms with Gasteiger partial charge in [0.1, 0.15) is 6.04 Å². The molecule has 0 spiro atoms. The predicted molar refractivity (Wildman–Crippen MR) is 115 cm³/mol. The average Bonchev–Trinajstić information content (AvgIpc) is 3.36. The minimum absolute atomic E-state index is 0.103. The summed E-state index contributed by atoms with van der Waals surface area (Å²) in [5.41, 5.74) is 2.54. The quantitative estimate of drug-likeness (QED) is 0.605. The van der Waals surface area contributed by atoms with Crippen molar-refractivity contribution in [1.82, 2.24) is 19.8 Å². The van der Waals surface area contributed by atoms with Crippen LogP contribution in [0, 0.1) is 0 Å². The standard InChI is InChI=1S/C21H20N4O2.C2HF3O2/c26-20-19(14-16-4-2-1-3-5-16)25(13-11-23-20)21(27)17-6-8-18(9-7-17)24-12-10-22-15-24;3-2(4,5)1(6)7/h1-10,12,15,19H,11,13-14H2,(H,23,26);(H,6,7). The number of halogens is 3. The molecule has 4 rings (SSSR count). The fraction of sp³-hybridized carbons (Fsp3) is 0.217. The summed E-state index contributed by atoms with van der Waals surface area (Å²) >= 11 is 0. The van der Waals surface area contributed by atoms with Crippen LogP contribution in [0.5, 0.6) is 0 Å². The topological polar surface area (TPSA) is 105 Å². The molecule has 1 aliphatic heterocycles. The van der Waals surface area contributed by atoms with E-state index in [2.05, 4.69) is 10.3 Å². The fourth-order valence-corrected chi connectivity index (χ4v) is 3.35. The number of nitrogens with zero attached hydrogens (tertiary/aromatic N) is 3. The van der Waals surface area contributed by atoms with Crippen LogP contribution in [0.3, 0.4) is 0 Å². The minimum atomic E-state index is -5.08. The molecule has 1 fully saturated rings. The largest absolute Gasteiger partial charge is 0.490 e. The van der Waals surface area contributed by atoms with E-state index in [-0.39, 0.29) is 11.8 Å². The first-order chi connectivity index (χ1) is 16.2. The van der Waals surface area contributed by atoms with Gasteiger partial charge in [-0.3, -0.25) is 9.59 Å². The average molecular weight is 474 g/mol. The van der Waals surface area contributed by atoms with E-state index in [0.29, 0.717) is 25.1 Å². The molecule has 178 valence electrons. The van der Waals surface area contributed by atoms with E-state index < -0.39 is 18.2 Å². The summed E-state index contributed by atoms with van der Waals surface area (Å²) in [6.45, 7) is 0.980. The summed E-state index contributed by atoms with van der Waals surface area (Å²) in [5, 5.41) is 10.00. The van der Waals surface area contributed by atoms with E-state index in [1.54, 1.807) is 29.6 Å². The molecule has 1 saturated heterocycles. The van der Waals surface area contributed by atoms with Crippen molar-refractivity contribution in [1.29, 1.82) is 0 Å². The van der Waals surface area contributed by atoms with E-state index >= 15 is 0 Å². The predicted octanol–water partition coefficient (Wildman–Crippen LogP) is 2.69. The monoisotopic (exact) mass is 474 g/mol. The van der Waals surface area contributed by atoms with Crippen molar-refractivity contribution in [2.75, 3.05) is 13.1 Å². The third-order valence-electron chi connectivity index (χ3n) is 5.02. The van der Waals surface area contributed by atoms with Crippen molar-refractivity contribution in [2.24, 2.45) is 0 Å². The zero-order valence-corrected chi connectivity index (χ0v) is 17.8. The zero-order valence-electron chi connectivity index (χ0n) is 17.8. The van der Waals surface area contributed by atoms with Gasteiger partial charge in [0, 0.05) is 43.2 Å². The molecule has 1 atom stereocenters. The second-order valence-corrected chi connectivity index (χ2v) is 7.31. The van der Waals surface area contributed by atoms with Crippen LogP contribution in [-0.4, -0.2) is 62.6 Å². The van der Waals surface area contributed by atoms with Crippen molar-refractivity contribution in [2.45, 2.75) is 18.6 Å². The molecule has 0 saturated carbocycles. The number of nitrogens with one attached hydrogen (secondary N) is 1. The summed E-state index contributed by atoms with van der Waals surface area (Å²) in [5.74, 6) is -2.98. The molecule has 8 nitrogen and oxygen atoms in total. The van der Waals surface area contributed by atoms with Gasteiger partial charge in [-0.15, -0.1) is 0 Å². The van der Waals surface area contributed by atoms with Gasteiger partial charge >= 0.3 is 12.1 Å². The number of amides is 2. The Kier molecular flexibility index (Phi) is 7.67. The number of rotatable bonds is 4. The molecule has 0 aliphatic carbocycles. The Labute approximate surface area is 192 Å². The molecular weight excluding hydrogens is 453 g/mol. The van der Waals surface area contributed by atoms with E-state index in [9.17, 15) is 22.8 Å². The van der Waals surface area contributed by atoms with Gasteiger partial charge in [-0.2, -0.15) is 13.2 Å². The molecule has 3 aromatic rings. The van der Waals surface area contributed by atoms with Crippen LogP contribution in [0.25, 0.3) is 5.69 Å². The highest BCUT2D eigenvalue weighted by molar-refractivity contribution is 5.98. The number of imidazole rings is 1. The van der Waals surface area contributed by atoms with Gasteiger partial charge < -0.3 is 19.9 Å². The molecule has 1 aliphatic rings. The van der Waals surface area contributed by atoms with Crippen molar-refractivity contribution >= 4 is 17.8 Å². The highest BCUT2D eigenvalue weighted by Gasteiger charge is 2.38. The van der Waals surface area contributed by atoms with Gasteiger partial charge in [0.05, 0.1) is 6.33 Å². The van der Waals surface area contributed by atoms with Crippen molar-refractivity contribution in [3.05, 3.63) is 84.4 Å². The first kappa shape index (κ1) is 24.5. The number of aliphatic carboxylic acids is 1. The SMILES string of the molecule is O=C(O)C(F)(F)F.O=C1NCCN(C(=O)c2ccc(-n3ccnc3)cc2)C1Cc1ccccc1. The molecule has 2 N–H and O–H groups in total. The number of hydrogen-bond donors (Lipinski definition) is 2. The molecule has 0 bridgehead atoms. The van der Waals surface area contributed by atoms with Crippen LogP contribution >= 0.6 is 0 Å². The third-order valence-corrected chi connectivity index (χ3v) is 5.02. The van der Waals surface area contributed by atoms with Gasteiger partial charge in [0.15, 0.2) is 0 Å². The zero-order chi connectivity index (χ0) is 24.7. The Hall–Kier alpha value is -4.15. The number of aromatic nitrogens is 2. The molecule has 34 heavy (non-hydrogen) atoms. The Balaban J connectivity index is 0.000000406. The first-order valence-corrected chi connectivity index (χ1v) is 10.2. The lowest BCUT2D eigenvalue weighted by Crippen LogP contribution is -2.58. The highest BCUT2D eigenvalue weighted by atomic mass is 19.4. The summed E-state index contributed by atoms with van der Waals surface area (Å²) in [6.07, 6.45) is 0.689. The van der Waals surface area contributed by atoms with E-state index in [1.165, 1.54) is 0 Å². The smallest absolute Gasteiger partial charge is 0.475 e. The van der Waals surface area contributed by atoms with Gasteiger partial charge in [0.25, 0.3) is 5.91 Å². The van der Waals surface area contributed by atoms with E-state index in [4.69, 9.17) is 9.90 Å². The second kappa shape index (κ2) is 10.6. The van der Waals surface area contributed by atoms with Gasteiger partial charge in [-0.25, -0.2) is 9.78 Å². The molecular formula is C23H21F3N4O4. The lowest BCUT2D eigenvalue weighted by atomic mass is 10.0. The Bertz CT molecular complexity index is 1120. The highest BCUT2D eigenvalue weighted by Crippen LogP contribution is 2.17. The number of carboxylic acids is 1. The minimum Gasteiger partial charge on any atom is -0.475 e. The number of hydrogen-bond acceptors (Lipinski definition) is 4. The van der Waals surface area contributed by atoms with Crippen LogP contribution in [0.1, 0.15) is 15.9 Å². The Morgan fingerprint density at radius 2 is 1.74 bits per heavy atom. The molecule has 2 aromatic carbocycles. The molecule has 1 aromatic heterocycles. The number of carboxylic acid groups (broad SMARTS) is 1. The molecule has 2 heterocycles. The van der Waals surface area contributed by atoms with Crippen LogP contribution in [-0.2, 0) is 16.0 Å². The Morgan fingerprint density at radius 3 is 2.29 bits per heavy atom. The van der Waals surface area contributed by atoms with Crippen LogP contribution in [0.2, 0.25) is 0 Å². The lowest BCUT2D eigenvalue weighted by molar-refractivity contribution is -0.192. The molecule has 1 unspecified atom stereocenters. The summed E-state index contributed by atoms with van der Waals surface area (Å²) in [7, 11) is 0. The summed E-state index contributed by atoms with van der Waals surface area (Å²) in [4.78, 5) is 40.1. The van der Waals surface area contributed by atoms with Crippen molar-refractivity contribution in [3.8, 4) is 5.69 Å². The third kappa shape index (κ3) is 6.21. The van der Waals surface area contributed by atoms with Crippen LogP contribution in [0.15, 0.2) is 73.3 Å². The summed E-state index contributed by atoms with van der Waals surface area (Å²) < 4.78 is 33.6. The number of carbonyl (C=O) groups is 3. The normalized spacial score (nSPS) is 15.7. The number of benzene rings is 2. The number of piperazine rings is 1. The van der Waals surface area contributed by atoms with Crippen molar-refractivity contribution < 1.29 is 32.7 Å². The second-order valence-electron chi connectivity index (χ2n) is 7.31. The van der Waals surface area contributed by atoms with Crippen LogP contribution in [0.4, 0.5) is 13.2 Å². The fourth-order valence-electron chi connectivity index (χ4n) is 3.35. The Morgan fingerprint density at radius 1 is 1.09 bits per heavy atom. The molecule has 11 heteroatoms. The molecule has 2 amide bonds. The van der Waals surface area contributed by atoms with Gasteiger partial charge in [-0.05, 0) is 29.8 Å². The number of carbonyl (C=O) groups excluding carboxylic acids is 2. The number of alkyl halides is 3. The van der Waals surface area contributed by atoms with Gasteiger partial charge in [0.2, 0.25) is 5.91 Å².